The standard InChI is InChI=1S/C14H16N2O4S/c17-13-9-21-14(15(13)8-12-2-1-7-20-12)10-3-5-11(6-4-10)16(18)19/h3-6,12,14H,1-2,7-9H2/t12-,14-/m1/s1. The van der Waals surface area contributed by atoms with E-state index in [1.807, 2.05) is 4.90 Å². The second-order valence-corrected chi connectivity index (χ2v) is 6.26. The first-order chi connectivity index (χ1) is 10.1. The highest BCUT2D eigenvalue weighted by molar-refractivity contribution is 8.00. The van der Waals surface area contributed by atoms with E-state index in [1.165, 1.54) is 12.1 Å². The van der Waals surface area contributed by atoms with Crippen LogP contribution in [0.2, 0.25) is 0 Å². The SMILES string of the molecule is O=C1CS[C@H](c2ccc([N+](=O)[O-])cc2)N1C[C@H]1CCCO1. The number of nitro benzene ring substituents is 1. The van der Waals surface area contributed by atoms with Gasteiger partial charge >= 0.3 is 0 Å². The summed E-state index contributed by atoms with van der Waals surface area (Å²) in [6.45, 7) is 1.37. The topological polar surface area (TPSA) is 72.7 Å². The van der Waals surface area contributed by atoms with E-state index in [-0.39, 0.29) is 23.1 Å². The van der Waals surface area contributed by atoms with Gasteiger partial charge in [0.25, 0.3) is 5.69 Å². The first-order valence-corrected chi connectivity index (χ1v) is 7.97. The molecule has 0 N–H and O–H groups in total. The van der Waals surface area contributed by atoms with Crippen molar-refractivity contribution in [3.63, 3.8) is 0 Å². The number of carbonyl (C=O) groups excluding carboxylic acids is 1. The van der Waals surface area contributed by atoms with Crippen molar-refractivity contribution < 1.29 is 14.5 Å². The summed E-state index contributed by atoms with van der Waals surface area (Å²) >= 11 is 1.56. The summed E-state index contributed by atoms with van der Waals surface area (Å²) in [6.07, 6.45) is 2.15. The van der Waals surface area contributed by atoms with Gasteiger partial charge in [-0.1, -0.05) is 0 Å². The number of rotatable bonds is 4. The Kier molecular flexibility index (Phi) is 4.12. The number of non-ortho nitro benzene ring substituents is 1. The van der Waals surface area contributed by atoms with Crippen LogP contribution < -0.4 is 0 Å². The van der Waals surface area contributed by atoms with Gasteiger partial charge in [0.15, 0.2) is 0 Å². The molecular formula is C14H16N2O4S. The van der Waals surface area contributed by atoms with Crippen molar-refractivity contribution in [3.8, 4) is 0 Å². The van der Waals surface area contributed by atoms with Crippen molar-refractivity contribution >= 4 is 23.4 Å². The van der Waals surface area contributed by atoms with Gasteiger partial charge < -0.3 is 9.64 Å². The molecule has 0 unspecified atom stereocenters. The number of hydrogen-bond donors (Lipinski definition) is 0. The maximum atomic E-state index is 12.1. The van der Waals surface area contributed by atoms with E-state index in [4.69, 9.17) is 4.74 Å². The van der Waals surface area contributed by atoms with Crippen LogP contribution in [0.3, 0.4) is 0 Å². The molecule has 1 aromatic rings. The molecular weight excluding hydrogens is 292 g/mol. The van der Waals surface area contributed by atoms with Crippen LogP contribution in [0.1, 0.15) is 23.8 Å². The largest absolute Gasteiger partial charge is 0.376 e. The zero-order valence-corrected chi connectivity index (χ0v) is 12.3. The molecule has 0 spiro atoms. The van der Waals surface area contributed by atoms with E-state index in [0.29, 0.717) is 12.3 Å². The molecule has 112 valence electrons. The summed E-state index contributed by atoms with van der Waals surface area (Å²) in [5.41, 5.74) is 0.994. The number of ether oxygens (including phenoxy) is 1. The molecule has 1 aromatic carbocycles. The molecule has 1 amide bonds. The molecule has 7 heteroatoms. The highest BCUT2D eigenvalue weighted by Crippen LogP contribution is 2.39. The lowest BCUT2D eigenvalue weighted by atomic mass is 10.1. The fourth-order valence-corrected chi connectivity index (χ4v) is 3.90. The molecule has 3 rings (SSSR count). The second-order valence-electron chi connectivity index (χ2n) is 5.19. The monoisotopic (exact) mass is 308 g/mol. The molecule has 2 aliphatic rings. The van der Waals surface area contributed by atoms with Gasteiger partial charge in [0.1, 0.15) is 5.37 Å². The highest BCUT2D eigenvalue weighted by atomic mass is 32.2. The van der Waals surface area contributed by atoms with Crippen molar-refractivity contribution in [3.05, 3.63) is 39.9 Å². The van der Waals surface area contributed by atoms with Crippen LogP contribution in [0.25, 0.3) is 0 Å². The third-order valence-electron chi connectivity index (χ3n) is 3.78. The van der Waals surface area contributed by atoms with Gasteiger partial charge in [-0.05, 0) is 30.5 Å². The fourth-order valence-electron chi connectivity index (χ4n) is 2.70. The van der Waals surface area contributed by atoms with Gasteiger partial charge in [-0.25, -0.2) is 0 Å². The highest BCUT2D eigenvalue weighted by Gasteiger charge is 2.35. The Bertz CT molecular complexity index is 542. The van der Waals surface area contributed by atoms with Crippen LogP contribution in [-0.2, 0) is 9.53 Å². The fraction of sp³-hybridized carbons (Fsp3) is 0.500. The molecule has 21 heavy (non-hydrogen) atoms. The van der Waals surface area contributed by atoms with E-state index < -0.39 is 4.92 Å². The quantitative estimate of drug-likeness (QED) is 0.630. The maximum Gasteiger partial charge on any atom is 0.269 e. The lowest BCUT2D eigenvalue weighted by Crippen LogP contribution is -2.35. The molecule has 2 heterocycles. The minimum atomic E-state index is -0.416. The Morgan fingerprint density at radius 2 is 2.14 bits per heavy atom. The summed E-state index contributed by atoms with van der Waals surface area (Å²) in [5, 5.41) is 10.6. The van der Waals surface area contributed by atoms with Crippen molar-refractivity contribution in [2.75, 3.05) is 18.9 Å². The van der Waals surface area contributed by atoms with Gasteiger partial charge in [-0.2, -0.15) is 0 Å². The van der Waals surface area contributed by atoms with Crippen LogP contribution in [0.15, 0.2) is 24.3 Å². The smallest absolute Gasteiger partial charge is 0.269 e. The van der Waals surface area contributed by atoms with E-state index in [1.54, 1.807) is 23.9 Å². The van der Waals surface area contributed by atoms with Crippen molar-refractivity contribution in [1.29, 1.82) is 0 Å². The average molecular weight is 308 g/mol. The molecule has 2 aliphatic heterocycles. The summed E-state index contributed by atoms with van der Waals surface area (Å²) < 4.78 is 5.61. The number of benzene rings is 1. The molecule has 2 atom stereocenters. The lowest BCUT2D eigenvalue weighted by Gasteiger charge is -2.26. The number of carbonyl (C=O) groups is 1. The summed E-state index contributed by atoms with van der Waals surface area (Å²) in [4.78, 5) is 24.2. The summed E-state index contributed by atoms with van der Waals surface area (Å²) in [5.74, 6) is 0.563. The predicted molar refractivity (Wildman–Crippen MR) is 79.0 cm³/mol. The summed E-state index contributed by atoms with van der Waals surface area (Å²) in [6, 6.07) is 6.44. The van der Waals surface area contributed by atoms with E-state index >= 15 is 0 Å². The summed E-state index contributed by atoms with van der Waals surface area (Å²) in [7, 11) is 0. The minimum Gasteiger partial charge on any atom is -0.376 e. The van der Waals surface area contributed by atoms with Crippen molar-refractivity contribution in [2.24, 2.45) is 0 Å². The maximum absolute atomic E-state index is 12.1. The number of thioether (sulfide) groups is 1. The van der Waals surface area contributed by atoms with Crippen LogP contribution in [0.5, 0.6) is 0 Å². The van der Waals surface area contributed by atoms with Crippen LogP contribution in [0.4, 0.5) is 5.69 Å². The Morgan fingerprint density at radius 3 is 2.76 bits per heavy atom. The van der Waals surface area contributed by atoms with Gasteiger partial charge in [0.2, 0.25) is 5.91 Å². The Hall–Kier alpha value is -1.60. The molecule has 2 saturated heterocycles. The zero-order chi connectivity index (χ0) is 14.8. The van der Waals surface area contributed by atoms with Crippen LogP contribution in [-0.4, -0.2) is 40.7 Å². The Balaban J connectivity index is 1.75. The number of nitro groups is 1. The van der Waals surface area contributed by atoms with Crippen molar-refractivity contribution in [1.82, 2.24) is 4.90 Å². The van der Waals surface area contributed by atoms with E-state index in [0.717, 1.165) is 25.0 Å². The molecule has 2 fully saturated rings. The molecule has 0 bridgehead atoms. The van der Waals surface area contributed by atoms with Crippen molar-refractivity contribution in [2.45, 2.75) is 24.3 Å². The van der Waals surface area contributed by atoms with Gasteiger partial charge in [0.05, 0.1) is 16.8 Å². The molecule has 0 radical (unpaired) electrons. The number of amides is 1. The predicted octanol–water partition coefficient (Wildman–Crippen LogP) is 2.35. The number of nitrogens with zero attached hydrogens (tertiary/aromatic N) is 2. The Morgan fingerprint density at radius 1 is 1.38 bits per heavy atom. The van der Waals surface area contributed by atoms with Crippen LogP contribution in [0, 0.1) is 10.1 Å². The first-order valence-electron chi connectivity index (χ1n) is 6.92. The first kappa shape index (κ1) is 14.3. The Labute approximate surface area is 126 Å². The van der Waals surface area contributed by atoms with E-state index in [9.17, 15) is 14.9 Å². The van der Waals surface area contributed by atoms with Crippen LogP contribution >= 0.6 is 11.8 Å². The van der Waals surface area contributed by atoms with E-state index in [2.05, 4.69) is 0 Å². The third-order valence-corrected chi connectivity index (χ3v) is 5.04. The molecule has 0 aliphatic carbocycles. The lowest BCUT2D eigenvalue weighted by molar-refractivity contribution is -0.384. The number of hydrogen-bond acceptors (Lipinski definition) is 5. The molecule has 6 nitrogen and oxygen atoms in total. The molecule has 0 aromatic heterocycles. The van der Waals surface area contributed by atoms with Gasteiger partial charge in [0, 0.05) is 25.3 Å². The minimum absolute atomic E-state index is 0.0671. The second kappa shape index (κ2) is 6.03. The van der Waals surface area contributed by atoms with Gasteiger partial charge in [-0.15, -0.1) is 11.8 Å². The average Bonchev–Trinajstić information content (AvgIpc) is 3.11. The normalized spacial score (nSPS) is 25.5. The molecule has 0 saturated carbocycles. The third kappa shape index (κ3) is 3.03. The van der Waals surface area contributed by atoms with Gasteiger partial charge in [-0.3, -0.25) is 14.9 Å². The zero-order valence-electron chi connectivity index (χ0n) is 11.4.